The number of hydrogen-bond donors (Lipinski definition) is 1. The van der Waals surface area contributed by atoms with E-state index in [1.54, 1.807) is 19.1 Å². The molecule has 5 heteroatoms. The van der Waals surface area contributed by atoms with E-state index in [0.29, 0.717) is 36.0 Å². The van der Waals surface area contributed by atoms with Gasteiger partial charge in [-0.3, -0.25) is 4.79 Å². The van der Waals surface area contributed by atoms with Crippen molar-refractivity contribution in [3.05, 3.63) is 12.1 Å². The Balaban J connectivity index is 2.29. The predicted molar refractivity (Wildman–Crippen MR) is 62.7 cm³/mol. The fourth-order valence-corrected chi connectivity index (χ4v) is 1.56. The van der Waals surface area contributed by atoms with Crippen molar-refractivity contribution >= 4 is 11.6 Å². The molecule has 1 aromatic carbocycles. The lowest BCUT2D eigenvalue weighted by Crippen LogP contribution is -2.09. The largest absolute Gasteiger partial charge is 0.490 e. The smallest absolute Gasteiger partial charge is 0.231 e. The van der Waals surface area contributed by atoms with E-state index in [4.69, 9.17) is 14.2 Å². The summed E-state index contributed by atoms with van der Waals surface area (Å²) in [5.41, 5.74) is 0.657. The molecule has 0 fully saturated rings. The highest BCUT2D eigenvalue weighted by molar-refractivity contribution is 5.91. The third kappa shape index (κ3) is 2.43. The number of anilines is 1. The Morgan fingerprint density at radius 1 is 1.41 bits per heavy atom. The van der Waals surface area contributed by atoms with E-state index >= 15 is 0 Å². The third-order valence-electron chi connectivity index (χ3n) is 2.34. The van der Waals surface area contributed by atoms with Crippen LogP contribution in [0.5, 0.6) is 17.2 Å². The zero-order chi connectivity index (χ0) is 12.3. The van der Waals surface area contributed by atoms with Gasteiger partial charge in [-0.15, -0.1) is 0 Å². The Labute approximate surface area is 99.7 Å². The average Bonchev–Trinajstić information content (AvgIpc) is 2.77. The van der Waals surface area contributed by atoms with E-state index in [1.165, 1.54) is 0 Å². The summed E-state index contributed by atoms with van der Waals surface area (Å²) in [6.07, 6.45) is 0.429. The molecule has 2 rings (SSSR count). The topological polar surface area (TPSA) is 56.8 Å². The second-order valence-corrected chi connectivity index (χ2v) is 3.54. The lowest BCUT2D eigenvalue weighted by atomic mass is 10.2. The van der Waals surface area contributed by atoms with Crippen LogP contribution in [-0.4, -0.2) is 19.3 Å². The molecule has 1 N–H and O–H groups in total. The van der Waals surface area contributed by atoms with Gasteiger partial charge in [-0.05, 0) is 6.92 Å². The van der Waals surface area contributed by atoms with Crippen LogP contribution in [-0.2, 0) is 4.79 Å². The normalized spacial score (nSPS) is 12.4. The minimum absolute atomic E-state index is 0.0497. The maximum atomic E-state index is 11.3. The fraction of sp³-hybridized carbons (Fsp3) is 0.417. The number of carbonyl (C=O) groups excluding carboxylic acids is 1. The molecule has 0 aromatic heterocycles. The summed E-state index contributed by atoms with van der Waals surface area (Å²) in [5.74, 6) is 1.74. The van der Waals surface area contributed by atoms with Crippen molar-refractivity contribution in [2.75, 3.05) is 18.7 Å². The first-order valence-electron chi connectivity index (χ1n) is 5.60. The van der Waals surface area contributed by atoms with Crippen molar-refractivity contribution in [3.63, 3.8) is 0 Å². The van der Waals surface area contributed by atoms with Crippen molar-refractivity contribution < 1.29 is 19.0 Å². The van der Waals surface area contributed by atoms with Gasteiger partial charge in [0.25, 0.3) is 0 Å². The zero-order valence-corrected chi connectivity index (χ0v) is 9.91. The van der Waals surface area contributed by atoms with Gasteiger partial charge >= 0.3 is 0 Å². The molecule has 0 atom stereocenters. The van der Waals surface area contributed by atoms with E-state index in [0.717, 1.165) is 0 Å². The maximum Gasteiger partial charge on any atom is 0.231 e. The molecular formula is C12H15NO4. The molecule has 1 aliphatic heterocycles. The molecule has 0 saturated heterocycles. The van der Waals surface area contributed by atoms with E-state index < -0.39 is 0 Å². The molecule has 0 saturated carbocycles. The van der Waals surface area contributed by atoms with E-state index in [2.05, 4.69) is 5.32 Å². The van der Waals surface area contributed by atoms with Gasteiger partial charge in [0, 0.05) is 24.2 Å². The van der Waals surface area contributed by atoms with Crippen LogP contribution in [0, 0.1) is 0 Å². The second kappa shape index (κ2) is 4.95. The van der Waals surface area contributed by atoms with Crippen LogP contribution < -0.4 is 19.5 Å². The molecule has 17 heavy (non-hydrogen) atoms. The number of rotatable bonds is 4. The molecular weight excluding hydrogens is 222 g/mol. The third-order valence-corrected chi connectivity index (χ3v) is 2.34. The van der Waals surface area contributed by atoms with Gasteiger partial charge in [0.1, 0.15) is 0 Å². The SMILES string of the molecule is CCOc1cc(NC(=O)CC)cc2c1OCO2. The molecule has 1 amide bonds. The van der Waals surface area contributed by atoms with Gasteiger partial charge in [-0.25, -0.2) is 0 Å². The molecule has 0 radical (unpaired) electrons. The fourth-order valence-electron chi connectivity index (χ4n) is 1.56. The van der Waals surface area contributed by atoms with E-state index in [9.17, 15) is 4.79 Å². The summed E-state index contributed by atoms with van der Waals surface area (Å²) in [4.78, 5) is 11.3. The number of amides is 1. The summed E-state index contributed by atoms with van der Waals surface area (Å²) in [5, 5.41) is 2.77. The van der Waals surface area contributed by atoms with Crippen molar-refractivity contribution in [2.45, 2.75) is 20.3 Å². The summed E-state index contributed by atoms with van der Waals surface area (Å²) < 4.78 is 16.0. The van der Waals surface area contributed by atoms with Crippen LogP contribution in [0.2, 0.25) is 0 Å². The number of benzene rings is 1. The number of nitrogens with one attached hydrogen (secondary N) is 1. The Hall–Kier alpha value is -1.91. The predicted octanol–water partition coefficient (Wildman–Crippen LogP) is 2.16. The molecule has 0 unspecified atom stereocenters. The van der Waals surface area contributed by atoms with Crippen LogP contribution in [0.1, 0.15) is 20.3 Å². The lowest BCUT2D eigenvalue weighted by molar-refractivity contribution is -0.115. The monoisotopic (exact) mass is 237 g/mol. The molecule has 1 aromatic rings. The first kappa shape index (κ1) is 11.6. The number of ether oxygens (including phenoxy) is 3. The lowest BCUT2D eigenvalue weighted by Gasteiger charge is -2.10. The minimum atomic E-state index is -0.0497. The molecule has 0 bridgehead atoms. The van der Waals surface area contributed by atoms with Crippen LogP contribution in [0.15, 0.2) is 12.1 Å². The maximum absolute atomic E-state index is 11.3. The van der Waals surface area contributed by atoms with Gasteiger partial charge in [0.15, 0.2) is 11.5 Å². The van der Waals surface area contributed by atoms with Crippen LogP contribution in [0.25, 0.3) is 0 Å². The Morgan fingerprint density at radius 3 is 2.94 bits per heavy atom. The van der Waals surface area contributed by atoms with Gasteiger partial charge in [0.05, 0.1) is 6.61 Å². The van der Waals surface area contributed by atoms with Crippen molar-refractivity contribution in [1.82, 2.24) is 0 Å². The van der Waals surface area contributed by atoms with Gasteiger partial charge < -0.3 is 19.5 Å². The highest BCUT2D eigenvalue weighted by Crippen LogP contribution is 2.43. The number of fused-ring (bicyclic) bond motifs is 1. The first-order valence-corrected chi connectivity index (χ1v) is 5.60. The summed E-state index contributed by atoms with van der Waals surface area (Å²) in [7, 11) is 0. The van der Waals surface area contributed by atoms with Crippen LogP contribution in [0.3, 0.4) is 0 Å². The minimum Gasteiger partial charge on any atom is -0.490 e. The summed E-state index contributed by atoms with van der Waals surface area (Å²) >= 11 is 0. The molecule has 1 aliphatic rings. The average molecular weight is 237 g/mol. The molecule has 0 aliphatic carbocycles. The standard InChI is InChI=1S/C12H15NO4/c1-3-11(14)13-8-5-9(15-4-2)12-10(6-8)16-7-17-12/h5-6H,3-4,7H2,1-2H3,(H,13,14). The Bertz CT molecular complexity index is 431. The van der Waals surface area contributed by atoms with Gasteiger partial charge in [0.2, 0.25) is 18.4 Å². The first-order chi connectivity index (χ1) is 8.24. The van der Waals surface area contributed by atoms with Gasteiger partial charge in [-0.1, -0.05) is 6.92 Å². The number of carbonyl (C=O) groups is 1. The van der Waals surface area contributed by atoms with E-state index in [1.807, 2.05) is 6.92 Å². The van der Waals surface area contributed by atoms with Gasteiger partial charge in [-0.2, -0.15) is 0 Å². The highest BCUT2D eigenvalue weighted by atomic mass is 16.7. The van der Waals surface area contributed by atoms with Crippen LogP contribution in [0.4, 0.5) is 5.69 Å². The molecule has 92 valence electrons. The number of hydrogen-bond acceptors (Lipinski definition) is 4. The Kier molecular flexibility index (Phi) is 3.37. The van der Waals surface area contributed by atoms with Crippen molar-refractivity contribution in [3.8, 4) is 17.2 Å². The van der Waals surface area contributed by atoms with E-state index in [-0.39, 0.29) is 12.7 Å². The second-order valence-electron chi connectivity index (χ2n) is 3.54. The Morgan fingerprint density at radius 2 is 2.24 bits per heavy atom. The molecule has 0 spiro atoms. The van der Waals surface area contributed by atoms with Crippen molar-refractivity contribution in [1.29, 1.82) is 0 Å². The zero-order valence-electron chi connectivity index (χ0n) is 9.91. The van der Waals surface area contributed by atoms with Crippen molar-refractivity contribution in [2.24, 2.45) is 0 Å². The molecule has 1 heterocycles. The summed E-state index contributed by atoms with van der Waals surface area (Å²) in [6.45, 7) is 4.40. The quantitative estimate of drug-likeness (QED) is 0.871. The summed E-state index contributed by atoms with van der Waals surface area (Å²) in [6, 6.07) is 3.48. The molecule has 5 nitrogen and oxygen atoms in total. The highest BCUT2D eigenvalue weighted by Gasteiger charge is 2.20. The van der Waals surface area contributed by atoms with Crippen LogP contribution >= 0.6 is 0 Å².